The van der Waals surface area contributed by atoms with Crippen molar-refractivity contribution in [3.8, 4) is 0 Å². The number of guanidine groups is 2. The monoisotopic (exact) mass is 394 g/mol. The number of hydrogen-bond donors (Lipinski definition) is 3. The summed E-state index contributed by atoms with van der Waals surface area (Å²) in [5.41, 5.74) is 13.1. The Morgan fingerprint density at radius 2 is 1.72 bits per heavy atom. The lowest BCUT2D eigenvalue weighted by Gasteiger charge is -2.46. The van der Waals surface area contributed by atoms with E-state index >= 15 is 0 Å². The lowest BCUT2D eigenvalue weighted by atomic mass is 9.87. The van der Waals surface area contributed by atoms with Crippen LogP contribution in [0.25, 0.3) is 0 Å². The van der Waals surface area contributed by atoms with Crippen molar-refractivity contribution in [3.05, 3.63) is 59.9 Å². The molecule has 29 heavy (non-hydrogen) atoms. The molecule has 0 saturated heterocycles. The van der Waals surface area contributed by atoms with Gasteiger partial charge in [0, 0.05) is 5.69 Å². The van der Waals surface area contributed by atoms with Gasteiger partial charge in [0.15, 0.2) is 0 Å². The van der Waals surface area contributed by atoms with Gasteiger partial charge < -0.3 is 16.8 Å². The van der Waals surface area contributed by atoms with E-state index in [-0.39, 0.29) is 23.6 Å². The lowest BCUT2D eigenvalue weighted by Crippen LogP contribution is -2.58. The number of hydrogen-bond acceptors (Lipinski definition) is 6. The molecule has 1 saturated carbocycles. The summed E-state index contributed by atoms with van der Waals surface area (Å²) in [4.78, 5) is 23.7. The van der Waals surface area contributed by atoms with Crippen molar-refractivity contribution in [2.75, 3.05) is 10.2 Å². The first kappa shape index (κ1) is 18.9. The number of carbonyl (C=O) groups is 1. The Morgan fingerprint density at radius 3 is 2.45 bits per heavy atom. The van der Waals surface area contributed by atoms with Gasteiger partial charge in [-0.25, -0.2) is 9.38 Å². The summed E-state index contributed by atoms with van der Waals surface area (Å²) >= 11 is 0. The number of nitrogens with one attached hydrogen (secondary N) is 1. The molecule has 4 rings (SSSR count). The highest BCUT2D eigenvalue weighted by Crippen LogP contribution is 2.40. The zero-order valence-electron chi connectivity index (χ0n) is 15.9. The molecule has 1 amide bonds. The number of nitrogens with zero attached hydrogens (tertiary/aromatic N) is 3. The Balaban J connectivity index is 1.72. The summed E-state index contributed by atoms with van der Waals surface area (Å²) < 4.78 is 13.2. The molecule has 0 atom stereocenters. The van der Waals surface area contributed by atoms with Crippen molar-refractivity contribution in [2.24, 2.45) is 21.5 Å². The van der Waals surface area contributed by atoms with Gasteiger partial charge in [-0.05, 0) is 62.1 Å². The van der Waals surface area contributed by atoms with Gasteiger partial charge in [0.1, 0.15) is 11.5 Å². The average Bonchev–Trinajstić information content (AvgIpc) is 2.70. The summed E-state index contributed by atoms with van der Waals surface area (Å²) in [5.74, 6) is -0.306. The van der Waals surface area contributed by atoms with Crippen LogP contribution in [0.1, 0.15) is 42.5 Å². The van der Waals surface area contributed by atoms with Crippen LogP contribution in [0.5, 0.6) is 0 Å². The minimum Gasteiger partial charge on any atom is -0.369 e. The maximum absolute atomic E-state index is 13.2. The third-order valence-electron chi connectivity index (χ3n) is 5.34. The van der Waals surface area contributed by atoms with E-state index < -0.39 is 5.66 Å². The van der Waals surface area contributed by atoms with E-state index in [4.69, 9.17) is 11.5 Å². The van der Waals surface area contributed by atoms with Gasteiger partial charge in [0.25, 0.3) is 5.91 Å². The van der Waals surface area contributed by atoms with Crippen LogP contribution in [0, 0.1) is 5.82 Å². The van der Waals surface area contributed by atoms with Crippen molar-refractivity contribution < 1.29 is 9.18 Å². The number of benzene rings is 2. The summed E-state index contributed by atoms with van der Waals surface area (Å²) in [5, 5.41) is 2.81. The van der Waals surface area contributed by atoms with Crippen LogP contribution >= 0.6 is 0 Å². The Kier molecular flexibility index (Phi) is 4.92. The molecule has 7 nitrogen and oxygen atoms in total. The zero-order chi connectivity index (χ0) is 20.4. The lowest BCUT2D eigenvalue weighted by molar-refractivity contribution is 0.102. The molecule has 0 radical (unpaired) electrons. The highest BCUT2D eigenvalue weighted by molar-refractivity contribution is 6.13. The van der Waals surface area contributed by atoms with Crippen LogP contribution in [0.4, 0.5) is 15.8 Å². The predicted octanol–water partition coefficient (Wildman–Crippen LogP) is 3.19. The molecule has 2 aromatic carbocycles. The molecule has 2 aliphatic rings. The Hall–Kier alpha value is -3.42. The van der Waals surface area contributed by atoms with Crippen molar-refractivity contribution in [3.63, 3.8) is 0 Å². The minimum atomic E-state index is -0.638. The number of amides is 1. The van der Waals surface area contributed by atoms with Gasteiger partial charge in [-0.3, -0.25) is 9.69 Å². The van der Waals surface area contributed by atoms with Crippen LogP contribution < -0.4 is 21.7 Å². The standard InChI is InChI=1S/C21H23FN6O/c22-14-8-10-15(11-9-14)25-18(29)16-6-2-3-7-17(16)28-20(24)26-19(23)27-21(28)12-4-1-5-13-21/h2-3,6-11H,1,4-5,12-13H2,(H,25,29)(H4,23,24,26,27). The van der Waals surface area contributed by atoms with E-state index in [1.54, 1.807) is 12.1 Å². The summed E-state index contributed by atoms with van der Waals surface area (Å²) in [6.07, 6.45) is 4.65. The van der Waals surface area contributed by atoms with Crippen LogP contribution in [0.3, 0.4) is 0 Å². The first-order valence-corrected chi connectivity index (χ1v) is 9.64. The summed E-state index contributed by atoms with van der Waals surface area (Å²) in [7, 11) is 0. The van der Waals surface area contributed by atoms with E-state index in [1.807, 2.05) is 17.0 Å². The van der Waals surface area contributed by atoms with E-state index in [9.17, 15) is 9.18 Å². The fourth-order valence-corrected chi connectivity index (χ4v) is 4.06. The highest BCUT2D eigenvalue weighted by atomic mass is 19.1. The predicted molar refractivity (Wildman–Crippen MR) is 112 cm³/mol. The van der Waals surface area contributed by atoms with E-state index in [0.29, 0.717) is 16.9 Å². The van der Waals surface area contributed by atoms with Crippen LogP contribution in [-0.2, 0) is 0 Å². The molecule has 1 spiro atoms. The highest BCUT2D eigenvalue weighted by Gasteiger charge is 2.43. The number of halogens is 1. The number of para-hydroxylation sites is 1. The first-order chi connectivity index (χ1) is 14.0. The van der Waals surface area contributed by atoms with Crippen molar-refractivity contribution in [1.82, 2.24) is 0 Å². The molecule has 0 bridgehead atoms. The van der Waals surface area contributed by atoms with Crippen molar-refractivity contribution in [2.45, 2.75) is 37.8 Å². The quantitative estimate of drug-likeness (QED) is 0.743. The second-order valence-electron chi connectivity index (χ2n) is 7.30. The maximum Gasteiger partial charge on any atom is 0.257 e. The topological polar surface area (TPSA) is 109 Å². The Labute approximate surface area is 168 Å². The average molecular weight is 394 g/mol. The Morgan fingerprint density at radius 1 is 1.03 bits per heavy atom. The normalized spacial score (nSPS) is 18.2. The minimum absolute atomic E-state index is 0.161. The molecule has 1 fully saturated rings. The van der Waals surface area contributed by atoms with Gasteiger partial charge in [0.05, 0.1) is 11.3 Å². The zero-order valence-corrected chi connectivity index (χ0v) is 15.9. The van der Waals surface area contributed by atoms with E-state index in [2.05, 4.69) is 15.3 Å². The molecule has 1 heterocycles. The number of anilines is 2. The number of carbonyl (C=O) groups excluding carboxylic acids is 1. The first-order valence-electron chi connectivity index (χ1n) is 9.64. The molecule has 0 unspecified atom stereocenters. The second kappa shape index (κ2) is 7.54. The van der Waals surface area contributed by atoms with Crippen molar-refractivity contribution >= 4 is 29.2 Å². The van der Waals surface area contributed by atoms with Crippen LogP contribution in [-0.4, -0.2) is 23.5 Å². The largest absolute Gasteiger partial charge is 0.369 e. The van der Waals surface area contributed by atoms with E-state index in [1.165, 1.54) is 24.3 Å². The number of rotatable bonds is 3. The summed E-state index contributed by atoms with van der Waals surface area (Å²) in [6, 6.07) is 12.8. The molecule has 1 aliphatic heterocycles. The van der Waals surface area contributed by atoms with Gasteiger partial charge in [-0.2, -0.15) is 4.99 Å². The molecule has 1 aliphatic carbocycles. The molecule has 0 aromatic heterocycles. The van der Waals surface area contributed by atoms with Gasteiger partial charge in [0.2, 0.25) is 11.9 Å². The van der Waals surface area contributed by atoms with E-state index in [0.717, 1.165) is 32.1 Å². The molecule has 8 heteroatoms. The molecule has 2 aromatic rings. The molecular formula is C21H23FN6O. The van der Waals surface area contributed by atoms with Crippen molar-refractivity contribution in [1.29, 1.82) is 0 Å². The maximum atomic E-state index is 13.2. The SMILES string of the molecule is NC1=NC2(CCCCC2)N(c2ccccc2C(=O)Nc2ccc(F)cc2)C(N)=N1. The fraction of sp³-hybridized carbons (Fsp3) is 0.286. The van der Waals surface area contributed by atoms with Gasteiger partial charge in [-0.1, -0.05) is 18.6 Å². The summed E-state index contributed by atoms with van der Waals surface area (Å²) in [6.45, 7) is 0. The van der Waals surface area contributed by atoms with Crippen LogP contribution in [0.15, 0.2) is 58.5 Å². The van der Waals surface area contributed by atoms with Gasteiger partial charge in [-0.15, -0.1) is 0 Å². The second-order valence-corrected chi connectivity index (χ2v) is 7.30. The Bertz CT molecular complexity index is 979. The smallest absolute Gasteiger partial charge is 0.257 e. The van der Waals surface area contributed by atoms with Gasteiger partial charge >= 0.3 is 0 Å². The third-order valence-corrected chi connectivity index (χ3v) is 5.34. The molecule has 5 N–H and O–H groups in total. The number of aliphatic imine (C=N–C) groups is 2. The third kappa shape index (κ3) is 3.65. The van der Waals surface area contributed by atoms with Crippen LogP contribution in [0.2, 0.25) is 0 Å². The molecule has 150 valence electrons. The molecular weight excluding hydrogens is 371 g/mol. The number of nitrogens with two attached hydrogens (primary N) is 2. The fourth-order valence-electron chi connectivity index (χ4n) is 4.06.